The normalized spacial score (nSPS) is 36.5. The summed E-state index contributed by atoms with van der Waals surface area (Å²) >= 11 is 0. The summed E-state index contributed by atoms with van der Waals surface area (Å²) in [6, 6.07) is 6.95. The van der Waals surface area contributed by atoms with Crippen molar-refractivity contribution in [1.29, 1.82) is 0 Å². The largest absolute Gasteiger partial charge is 0.497 e. The molecule has 3 heterocycles. The Morgan fingerprint density at radius 1 is 1.19 bits per heavy atom. The summed E-state index contributed by atoms with van der Waals surface area (Å²) in [5, 5.41) is 0. The topological polar surface area (TPSA) is 55.8 Å². The lowest BCUT2D eigenvalue weighted by atomic mass is 9.78. The van der Waals surface area contributed by atoms with Crippen LogP contribution in [0.1, 0.15) is 6.92 Å². The molecule has 108 valence electrons. The molecule has 2 fully saturated rings. The Hall–Kier alpha value is -2.14. The van der Waals surface area contributed by atoms with Crippen LogP contribution in [-0.2, 0) is 14.3 Å². The molecule has 4 atom stereocenters. The Labute approximate surface area is 122 Å². The first-order valence-corrected chi connectivity index (χ1v) is 6.94. The lowest BCUT2D eigenvalue weighted by molar-refractivity contribution is -0.126. The number of carbonyl (C=O) groups excluding carboxylic acids is 2. The van der Waals surface area contributed by atoms with Crippen LogP contribution in [0.5, 0.6) is 5.75 Å². The van der Waals surface area contributed by atoms with E-state index in [9.17, 15) is 9.59 Å². The van der Waals surface area contributed by atoms with Gasteiger partial charge in [0.1, 0.15) is 5.75 Å². The van der Waals surface area contributed by atoms with E-state index >= 15 is 0 Å². The number of fused-ring (bicyclic) bond motifs is 5. The molecule has 4 rings (SSSR count). The second-order valence-electron chi connectivity index (χ2n) is 5.84. The van der Waals surface area contributed by atoms with Crippen molar-refractivity contribution < 1.29 is 19.1 Å². The molecule has 0 aliphatic carbocycles. The number of amides is 2. The summed E-state index contributed by atoms with van der Waals surface area (Å²) in [4.78, 5) is 26.6. The van der Waals surface area contributed by atoms with E-state index in [-0.39, 0.29) is 17.9 Å². The molecular weight excluding hydrogens is 270 g/mol. The van der Waals surface area contributed by atoms with Crippen molar-refractivity contribution in [1.82, 2.24) is 0 Å². The summed E-state index contributed by atoms with van der Waals surface area (Å²) < 4.78 is 10.9. The molecule has 0 saturated carbocycles. The van der Waals surface area contributed by atoms with Gasteiger partial charge < -0.3 is 9.47 Å². The zero-order valence-corrected chi connectivity index (χ0v) is 11.8. The SMILES string of the molecule is COc1ccc(N2C(=O)[C@H]3[C@@H]4C=C[C@@](C)(O4)[C@@H]3C2=O)cc1. The van der Waals surface area contributed by atoms with Gasteiger partial charge in [0.2, 0.25) is 11.8 Å². The van der Waals surface area contributed by atoms with E-state index in [1.54, 1.807) is 31.4 Å². The van der Waals surface area contributed by atoms with Crippen LogP contribution in [0.15, 0.2) is 36.4 Å². The van der Waals surface area contributed by atoms with Crippen molar-refractivity contribution in [2.45, 2.75) is 18.6 Å². The van der Waals surface area contributed by atoms with E-state index < -0.39 is 17.4 Å². The molecule has 5 heteroatoms. The predicted octanol–water partition coefficient (Wildman–Crippen LogP) is 1.53. The molecule has 0 aromatic heterocycles. The van der Waals surface area contributed by atoms with Crippen LogP contribution in [0, 0.1) is 11.8 Å². The average molecular weight is 285 g/mol. The van der Waals surface area contributed by atoms with E-state index in [1.807, 2.05) is 19.1 Å². The second kappa shape index (κ2) is 3.95. The Morgan fingerprint density at radius 3 is 2.52 bits per heavy atom. The van der Waals surface area contributed by atoms with Crippen molar-refractivity contribution in [2.75, 3.05) is 12.0 Å². The quantitative estimate of drug-likeness (QED) is 0.611. The third-order valence-electron chi connectivity index (χ3n) is 4.66. The number of anilines is 1. The van der Waals surface area contributed by atoms with Crippen LogP contribution in [-0.4, -0.2) is 30.6 Å². The first-order valence-electron chi connectivity index (χ1n) is 6.94. The highest BCUT2D eigenvalue weighted by Crippen LogP contribution is 2.52. The number of ether oxygens (including phenoxy) is 2. The van der Waals surface area contributed by atoms with Crippen molar-refractivity contribution >= 4 is 17.5 Å². The van der Waals surface area contributed by atoms with Crippen LogP contribution < -0.4 is 9.64 Å². The third-order valence-corrected chi connectivity index (χ3v) is 4.66. The molecule has 1 aromatic carbocycles. The van der Waals surface area contributed by atoms with Crippen molar-refractivity contribution in [3.05, 3.63) is 36.4 Å². The smallest absolute Gasteiger partial charge is 0.241 e. The summed E-state index contributed by atoms with van der Waals surface area (Å²) in [6.07, 6.45) is 3.52. The monoisotopic (exact) mass is 285 g/mol. The zero-order valence-electron chi connectivity index (χ0n) is 11.8. The summed E-state index contributed by atoms with van der Waals surface area (Å²) in [6.45, 7) is 1.87. The molecule has 3 aliphatic heterocycles. The van der Waals surface area contributed by atoms with Crippen LogP contribution in [0.4, 0.5) is 5.69 Å². The maximum absolute atomic E-state index is 12.7. The van der Waals surface area contributed by atoms with Crippen molar-refractivity contribution in [3.63, 3.8) is 0 Å². The molecule has 0 N–H and O–H groups in total. The zero-order chi connectivity index (χ0) is 14.8. The van der Waals surface area contributed by atoms with E-state index in [0.717, 1.165) is 0 Å². The first-order chi connectivity index (χ1) is 10.0. The maximum Gasteiger partial charge on any atom is 0.241 e. The Kier molecular flexibility index (Phi) is 2.37. The lowest BCUT2D eigenvalue weighted by Crippen LogP contribution is -2.38. The Balaban J connectivity index is 1.72. The van der Waals surface area contributed by atoms with Gasteiger partial charge in [0.05, 0.1) is 36.3 Å². The molecule has 2 bridgehead atoms. The van der Waals surface area contributed by atoms with Gasteiger partial charge in [0.25, 0.3) is 0 Å². The summed E-state index contributed by atoms with van der Waals surface area (Å²) in [5.41, 5.74) is -0.0632. The number of nitrogens with zero attached hydrogens (tertiary/aromatic N) is 1. The summed E-state index contributed by atoms with van der Waals surface area (Å²) in [7, 11) is 1.58. The number of hydrogen-bond acceptors (Lipinski definition) is 4. The molecule has 5 nitrogen and oxygen atoms in total. The van der Waals surface area contributed by atoms with Gasteiger partial charge in [-0.15, -0.1) is 0 Å². The van der Waals surface area contributed by atoms with Crippen LogP contribution in [0.3, 0.4) is 0 Å². The van der Waals surface area contributed by atoms with Gasteiger partial charge in [0, 0.05) is 0 Å². The van der Waals surface area contributed by atoms with Crippen LogP contribution in [0.2, 0.25) is 0 Å². The number of benzene rings is 1. The fraction of sp³-hybridized carbons (Fsp3) is 0.375. The van der Waals surface area contributed by atoms with Crippen molar-refractivity contribution in [3.8, 4) is 5.75 Å². The van der Waals surface area contributed by atoms with Crippen LogP contribution >= 0.6 is 0 Å². The van der Waals surface area contributed by atoms with E-state index in [4.69, 9.17) is 9.47 Å². The van der Waals surface area contributed by atoms with Gasteiger partial charge in [-0.1, -0.05) is 12.2 Å². The van der Waals surface area contributed by atoms with Gasteiger partial charge in [-0.2, -0.15) is 0 Å². The predicted molar refractivity (Wildman–Crippen MR) is 74.9 cm³/mol. The van der Waals surface area contributed by atoms with Gasteiger partial charge in [-0.05, 0) is 31.2 Å². The maximum atomic E-state index is 12.7. The van der Waals surface area contributed by atoms with Crippen LogP contribution in [0.25, 0.3) is 0 Å². The highest BCUT2D eigenvalue weighted by Gasteiger charge is 2.65. The Bertz CT molecular complexity index is 665. The van der Waals surface area contributed by atoms with E-state index in [1.165, 1.54) is 4.90 Å². The highest BCUT2D eigenvalue weighted by molar-refractivity contribution is 6.23. The fourth-order valence-electron chi connectivity index (χ4n) is 3.64. The third kappa shape index (κ3) is 1.49. The van der Waals surface area contributed by atoms with Gasteiger partial charge >= 0.3 is 0 Å². The number of carbonyl (C=O) groups is 2. The Morgan fingerprint density at radius 2 is 1.90 bits per heavy atom. The molecule has 0 unspecified atom stereocenters. The van der Waals surface area contributed by atoms with Gasteiger partial charge in [0.15, 0.2) is 0 Å². The van der Waals surface area contributed by atoms with Gasteiger partial charge in [-0.25, -0.2) is 4.90 Å². The molecular formula is C16H15NO4. The second-order valence-corrected chi connectivity index (χ2v) is 5.84. The van der Waals surface area contributed by atoms with E-state index in [2.05, 4.69) is 0 Å². The molecule has 0 spiro atoms. The van der Waals surface area contributed by atoms with E-state index in [0.29, 0.717) is 11.4 Å². The minimum atomic E-state index is -0.650. The minimum Gasteiger partial charge on any atom is -0.497 e. The number of methoxy groups -OCH3 is 1. The molecule has 2 amide bonds. The number of rotatable bonds is 2. The molecule has 3 aliphatic rings. The lowest BCUT2D eigenvalue weighted by Gasteiger charge is -2.24. The van der Waals surface area contributed by atoms with Gasteiger partial charge in [-0.3, -0.25) is 9.59 Å². The molecule has 21 heavy (non-hydrogen) atoms. The molecule has 1 aromatic rings. The highest BCUT2D eigenvalue weighted by atomic mass is 16.5. The number of imide groups is 1. The first kappa shape index (κ1) is 12.6. The summed E-state index contributed by atoms with van der Waals surface area (Å²) in [5.74, 6) is -0.468. The minimum absolute atomic E-state index is 0.173. The molecule has 0 radical (unpaired) electrons. The molecule has 2 saturated heterocycles. The van der Waals surface area contributed by atoms with Crippen molar-refractivity contribution in [2.24, 2.45) is 11.8 Å². The average Bonchev–Trinajstić information content (AvgIpc) is 3.09. The number of hydrogen-bond donors (Lipinski definition) is 0. The fourth-order valence-corrected chi connectivity index (χ4v) is 3.64. The standard InChI is InChI=1S/C16H15NO4/c1-16-8-7-11(21-16)12-13(16)15(19)17(14(12)18)9-3-5-10(20-2)6-4-9/h3-8,11-13H,1-2H3/t11-,12-,13-,16+/m0/s1.